The Morgan fingerprint density at radius 1 is 0.737 bits per heavy atom. The van der Waals surface area contributed by atoms with Crippen LogP contribution in [0.1, 0.15) is 5.56 Å². The maximum absolute atomic E-state index is 11.7. The molecule has 2 aromatic carbocycles. The number of nitrogens with one attached hydrogen (secondary N) is 2. The third-order valence-electron chi connectivity index (χ3n) is 3.02. The molecule has 1 aliphatic rings. The summed E-state index contributed by atoms with van der Waals surface area (Å²) in [6.45, 7) is 1.87. The molecular weight excluding hydrogens is 248 g/mol. The Morgan fingerprint density at radius 3 is 1.84 bits per heavy atom. The molecule has 0 atom stereocenters. The summed E-state index contributed by atoms with van der Waals surface area (Å²) in [4.78, 5) is 46.1. The van der Waals surface area contributed by atoms with E-state index in [4.69, 9.17) is 0 Å². The molecule has 6 heteroatoms. The molecule has 94 valence electrons. The molecule has 1 heterocycles. The quantitative estimate of drug-likeness (QED) is 0.555. The van der Waals surface area contributed by atoms with Gasteiger partial charge in [-0.25, -0.2) is 0 Å². The van der Waals surface area contributed by atoms with Crippen LogP contribution in [0.25, 0.3) is 0 Å². The summed E-state index contributed by atoms with van der Waals surface area (Å²) >= 11 is 0. The SMILES string of the molecule is Cc1ccc2c(c1)Nc1c(c(=O)c(=O)c(=O)c1=O)N2. The van der Waals surface area contributed by atoms with Crippen LogP contribution in [0.4, 0.5) is 22.7 Å². The summed E-state index contributed by atoms with van der Waals surface area (Å²) in [6.07, 6.45) is 0. The summed E-state index contributed by atoms with van der Waals surface area (Å²) in [7, 11) is 0. The zero-order chi connectivity index (χ0) is 13.7. The molecule has 0 aromatic heterocycles. The van der Waals surface area contributed by atoms with Crippen molar-refractivity contribution in [1.29, 1.82) is 0 Å². The Kier molecular flexibility index (Phi) is 2.16. The van der Waals surface area contributed by atoms with Gasteiger partial charge >= 0.3 is 0 Å². The van der Waals surface area contributed by atoms with Crippen LogP contribution in [0, 0.1) is 6.92 Å². The van der Waals surface area contributed by atoms with E-state index in [2.05, 4.69) is 10.6 Å². The molecule has 0 radical (unpaired) electrons. The highest BCUT2D eigenvalue weighted by Crippen LogP contribution is 2.34. The van der Waals surface area contributed by atoms with Crippen molar-refractivity contribution in [3.05, 3.63) is 64.7 Å². The first-order valence-corrected chi connectivity index (χ1v) is 5.55. The summed E-state index contributed by atoms with van der Waals surface area (Å²) in [5.74, 6) is 0. The number of fused-ring (bicyclic) bond motifs is 2. The van der Waals surface area contributed by atoms with Crippen LogP contribution in [-0.4, -0.2) is 0 Å². The number of hydrogen-bond acceptors (Lipinski definition) is 6. The second-order valence-electron chi connectivity index (χ2n) is 4.37. The van der Waals surface area contributed by atoms with E-state index in [1.807, 2.05) is 13.0 Å². The van der Waals surface area contributed by atoms with Gasteiger partial charge in [-0.05, 0) is 24.6 Å². The molecule has 6 nitrogen and oxygen atoms in total. The zero-order valence-corrected chi connectivity index (χ0v) is 9.87. The molecule has 1 aliphatic heterocycles. The fourth-order valence-corrected chi connectivity index (χ4v) is 2.04. The van der Waals surface area contributed by atoms with Gasteiger partial charge in [0, 0.05) is 0 Å². The number of aryl methyl sites for hydroxylation is 1. The standard InChI is InChI=1S/C13H8N2O4/c1-5-2-3-6-7(4-5)15-9-8(14-6)10(16)12(18)13(19)11(9)17/h2-4,14-15H,1H3. The van der Waals surface area contributed by atoms with Crippen molar-refractivity contribution in [1.82, 2.24) is 0 Å². The van der Waals surface area contributed by atoms with Crippen LogP contribution < -0.4 is 32.3 Å². The average molecular weight is 256 g/mol. The lowest BCUT2D eigenvalue weighted by Gasteiger charge is -2.21. The molecule has 0 fully saturated rings. The van der Waals surface area contributed by atoms with E-state index in [-0.39, 0.29) is 11.4 Å². The van der Waals surface area contributed by atoms with E-state index in [1.54, 1.807) is 12.1 Å². The molecule has 2 N–H and O–H groups in total. The Hall–Kier alpha value is -2.76. The second kappa shape index (κ2) is 3.61. The Balaban J connectivity index is 2.35. The average Bonchev–Trinajstić information content (AvgIpc) is 2.41. The summed E-state index contributed by atoms with van der Waals surface area (Å²) in [6, 6.07) is 5.31. The molecular formula is C13H8N2O4. The lowest BCUT2D eigenvalue weighted by atomic mass is 10.1. The van der Waals surface area contributed by atoms with E-state index in [0.29, 0.717) is 11.4 Å². The van der Waals surface area contributed by atoms with Crippen LogP contribution >= 0.6 is 0 Å². The molecule has 19 heavy (non-hydrogen) atoms. The third-order valence-corrected chi connectivity index (χ3v) is 3.02. The van der Waals surface area contributed by atoms with Crippen LogP contribution in [0.2, 0.25) is 0 Å². The van der Waals surface area contributed by atoms with Crippen LogP contribution in [0.15, 0.2) is 37.4 Å². The zero-order valence-electron chi connectivity index (χ0n) is 9.87. The highest BCUT2D eigenvalue weighted by molar-refractivity contribution is 5.90. The third kappa shape index (κ3) is 1.50. The first-order valence-electron chi connectivity index (χ1n) is 5.55. The van der Waals surface area contributed by atoms with Crippen molar-refractivity contribution in [3.8, 4) is 0 Å². The number of hydrogen-bond donors (Lipinski definition) is 2. The van der Waals surface area contributed by atoms with Gasteiger partial charge in [0.2, 0.25) is 0 Å². The molecule has 0 bridgehead atoms. The lowest BCUT2D eigenvalue weighted by molar-refractivity contribution is 1.29. The monoisotopic (exact) mass is 256 g/mol. The minimum absolute atomic E-state index is 0.160. The van der Waals surface area contributed by atoms with E-state index < -0.39 is 21.7 Å². The molecule has 0 aliphatic carbocycles. The summed E-state index contributed by atoms with van der Waals surface area (Å²) in [5.41, 5.74) is -2.78. The number of anilines is 4. The normalized spacial score (nSPS) is 12.1. The van der Waals surface area contributed by atoms with Gasteiger partial charge < -0.3 is 10.6 Å². The molecule has 0 unspecified atom stereocenters. The minimum Gasteiger partial charge on any atom is -0.349 e. The van der Waals surface area contributed by atoms with Gasteiger partial charge in [-0.15, -0.1) is 0 Å². The smallest absolute Gasteiger partial charge is 0.279 e. The molecule has 0 saturated carbocycles. The first-order chi connectivity index (χ1) is 8.99. The van der Waals surface area contributed by atoms with Crippen molar-refractivity contribution in [2.75, 3.05) is 10.6 Å². The van der Waals surface area contributed by atoms with Gasteiger partial charge in [-0.1, -0.05) is 6.07 Å². The lowest BCUT2D eigenvalue weighted by Crippen LogP contribution is -2.48. The van der Waals surface area contributed by atoms with Crippen molar-refractivity contribution >= 4 is 22.7 Å². The van der Waals surface area contributed by atoms with Gasteiger partial charge in [-0.3, -0.25) is 19.2 Å². The summed E-state index contributed by atoms with van der Waals surface area (Å²) in [5, 5.41) is 5.48. The minimum atomic E-state index is -1.30. The largest absolute Gasteiger partial charge is 0.349 e. The van der Waals surface area contributed by atoms with Crippen LogP contribution in [0.5, 0.6) is 0 Å². The van der Waals surface area contributed by atoms with Gasteiger partial charge in [0.15, 0.2) is 0 Å². The molecule has 2 aromatic rings. The Bertz CT molecular complexity index is 908. The van der Waals surface area contributed by atoms with Crippen molar-refractivity contribution in [3.63, 3.8) is 0 Å². The maximum atomic E-state index is 11.7. The maximum Gasteiger partial charge on any atom is 0.279 e. The van der Waals surface area contributed by atoms with E-state index >= 15 is 0 Å². The molecule has 0 amide bonds. The Morgan fingerprint density at radius 2 is 1.26 bits per heavy atom. The summed E-state index contributed by atoms with van der Waals surface area (Å²) < 4.78 is 0. The van der Waals surface area contributed by atoms with Gasteiger partial charge in [0.25, 0.3) is 21.7 Å². The molecule has 0 spiro atoms. The number of benzene rings is 2. The molecule has 0 saturated heterocycles. The molecule has 3 rings (SSSR count). The van der Waals surface area contributed by atoms with Crippen LogP contribution in [-0.2, 0) is 0 Å². The van der Waals surface area contributed by atoms with Gasteiger partial charge in [-0.2, -0.15) is 0 Å². The van der Waals surface area contributed by atoms with Crippen molar-refractivity contribution in [2.45, 2.75) is 6.92 Å². The fraction of sp³-hybridized carbons (Fsp3) is 0.0769. The fourth-order valence-electron chi connectivity index (χ4n) is 2.04. The van der Waals surface area contributed by atoms with E-state index in [9.17, 15) is 19.2 Å². The predicted molar refractivity (Wildman–Crippen MR) is 71.6 cm³/mol. The predicted octanol–water partition coefficient (Wildman–Crippen LogP) is 0.112. The van der Waals surface area contributed by atoms with Gasteiger partial charge in [0.05, 0.1) is 11.4 Å². The van der Waals surface area contributed by atoms with Gasteiger partial charge in [0.1, 0.15) is 11.4 Å². The number of rotatable bonds is 0. The van der Waals surface area contributed by atoms with Crippen molar-refractivity contribution in [2.24, 2.45) is 0 Å². The van der Waals surface area contributed by atoms with Crippen LogP contribution in [0.3, 0.4) is 0 Å². The highest BCUT2D eigenvalue weighted by atomic mass is 16.2. The van der Waals surface area contributed by atoms with E-state index in [1.165, 1.54) is 0 Å². The van der Waals surface area contributed by atoms with Crippen molar-refractivity contribution < 1.29 is 0 Å². The Labute approximate surface area is 106 Å². The topological polar surface area (TPSA) is 92.3 Å². The second-order valence-corrected chi connectivity index (χ2v) is 4.37. The highest BCUT2D eigenvalue weighted by Gasteiger charge is 2.24. The first kappa shape index (κ1) is 11.3. The van der Waals surface area contributed by atoms with E-state index in [0.717, 1.165) is 5.56 Å².